The maximum atomic E-state index is 12.4. The van der Waals surface area contributed by atoms with Gasteiger partial charge < -0.3 is 30.8 Å². The summed E-state index contributed by atoms with van der Waals surface area (Å²) in [4.78, 5) is 97.5. The van der Waals surface area contributed by atoms with Gasteiger partial charge in [0.05, 0.1) is 32.7 Å². The van der Waals surface area contributed by atoms with E-state index in [4.69, 9.17) is 10.2 Å². The van der Waals surface area contributed by atoms with Crippen LogP contribution in [0, 0.1) is 0 Å². The molecule has 18 heteroatoms. The Morgan fingerprint density at radius 1 is 0.681 bits per heavy atom. The number of carboxylic acid groups (broad SMARTS) is 5. The zero-order valence-electron chi connectivity index (χ0n) is 25.3. The molecular weight excluding hydrogens is 626 g/mol. The number of nitrogens with zero attached hydrogens (tertiary/aromatic N) is 4. The van der Waals surface area contributed by atoms with Gasteiger partial charge in [0.15, 0.2) is 0 Å². The van der Waals surface area contributed by atoms with Crippen LogP contribution in [0.3, 0.4) is 0 Å². The standard InChI is InChI=1S/C29H37N5O13/c35-22(2-1-9-34-23(36)7-8-24(34)37)30-20-5-3-19(4-6-20)12-21(33(17-28(44)45)18-29(46)47)13-31(14-25(38)39)10-11-32(15-26(40)41)16-27(42)43/h3-8,21H,1-2,9-18H2,(H,30,35)(H,38,39)(H,40,41)(H,42,43)(H,44,45)(H,46,47)/t21-/m1/s1. The van der Waals surface area contributed by atoms with Gasteiger partial charge in [-0.3, -0.25) is 58.0 Å². The van der Waals surface area contributed by atoms with Crippen molar-refractivity contribution in [2.75, 3.05) is 64.2 Å². The Hall–Kier alpha value is -5.20. The number of benzene rings is 1. The number of carbonyl (C=O) groups is 8. The topological polar surface area (TPSA) is 263 Å². The number of anilines is 1. The Balaban J connectivity index is 2.17. The van der Waals surface area contributed by atoms with Crippen LogP contribution in [0.15, 0.2) is 36.4 Å². The minimum Gasteiger partial charge on any atom is -0.480 e. The fourth-order valence-corrected chi connectivity index (χ4v) is 4.84. The Kier molecular flexibility index (Phi) is 15.1. The van der Waals surface area contributed by atoms with Crippen LogP contribution >= 0.6 is 0 Å². The van der Waals surface area contributed by atoms with E-state index in [0.717, 1.165) is 26.9 Å². The monoisotopic (exact) mass is 663 g/mol. The second-order valence-corrected chi connectivity index (χ2v) is 10.7. The van der Waals surface area contributed by atoms with Crippen LogP contribution in [-0.4, -0.2) is 158 Å². The van der Waals surface area contributed by atoms with Crippen molar-refractivity contribution in [2.45, 2.75) is 25.3 Å². The zero-order valence-corrected chi connectivity index (χ0v) is 25.3. The van der Waals surface area contributed by atoms with E-state index >= 15 is 0 Å². The molecule has 1 heterocycles. The third-order valence-corrected chi connectivity index (χ3v) is 6.87. The van der Waals surface area contributed by atoms with Crippen molar-refractivity contribution >= 4 is 53.3 Å². The Labute approximate surface area is 268 Å². The molecule has 0 aromatic heterocycles. The van der Waals surface area contributed by atoms with Crippen LogP contribution in [0.4, 0.5) is 5.69 Å². The van der Waals surface area contributed by atoms with E-state index in [1.165, 1.54) is 4.90 Å². The van der Waals surface area contributed by atoms with Gasteiger partial charge in [-0.1, -0.05) is 12.1 Å². The molecule has 1 aromatic rings. The van der Waals surface area contributed by atoms with Crippen molar-refractivity contribution in [2.24, 2.45) is 0 Å². The fraction of sp³-hybridized carbons (Fsp3) is 0.448. The molecule has 0 bridgehead atoms. The molecule has 1 aliphatic rings. The molecule has 47 heavy (non-hydrogen) atoms. The molecule has 1 aromatic carbocycles. The fourth-order valence-electron chi connectivity index (χ4n) is 4.84. The van der Waals surface area contributed by atoms with E-state index < -0.39 is 80.4 Å². The van der Waals surface area contributed by atoms with Crippen molar-refractivity contribution in [3.8, 4) is 0 Å². The van der Waals surface area contributed by atoms with Crippen molar-refractivity contribution in [3.05, 3.63) is 42.0 Å². The van der Waals surface area contributed by atoms with Gasteiger partial charge in [-0.05, 0) is 30.5 Å². The number of carbonyl (C=O) groups excluding carboxylic acids is 3. The third kappa shape index (κ3) is 14.6. The quantitative estimate of drug-likeness (QED) is 0.0733. The summed E-state index contributed by atoms with van der Waals surface area (Å²) in [6.07, 6.45) is 2.62. The van der Waals surface area contributed by atoms with Gasteiger partial charge >= 0.3 is 29.8 Å². The molecule has 0 spiro atoms. The van der Waals surface area contributed by atoms with Gasteiger partial charge in [-0.25, -0.2) is 0 Å². The van der Waals surface area contributed by atoms with E-state index in [9.17, 15) is 53.7 Å². The number of nitrogens with one attached hydrogen (secondary N) is 1. The summed E-state index contributed by atoms with van der Waals surface area (Å²) in [5.74, 6) is -7.79. The molecule has 256 valence electrons. The Morgan fingerprint density at radius 3 is 1.64 bits per heavy atom. The summed E-state index contributed by atoms with van der Waals surface area (Å²) in [6, 6.07) is 5.47. The Morgan fingerprint density at radius 2 is 1.15 bits per heavy atom. The molecule has 2 rings (SSSR count). The largest absolute Gasteiger partial charge is 0.480 e. The van der Waals surface area contributed by atoms with Crippen LogP contribution in [0.2, 0.25) is 0 Å². The van der Waals surface area contributed by atoms with Crippen molar-refractivity contribution in [3.63, 3.8) is 0 Å². The van der Waals surface area contributed by atoms with Crippen LogP contribution in [-0.2, 0) is 44.8 Å². The molecule has 0 aliphatic carbocycles. The van der Waals surface area contributed by atoms with Crippen molar-refractivity contribution < 1.29 is 63.9 Å². The first-order chi connectivity index (χ1) is 22.1. The number of imide groups is 1. The summed E-state index contributed by atoms with van der Waals surface area (Å²) in [6.45, 7) is -3.60. The highest BCUT2D eigenvalue weighted by Crippen LogP contribution is 2.16. The number of aliphatic carboxylic acids is 5. The smallest absolute Gasteiger partial charge is 0.317 e. The first-order valence-corrected chi connectivity index (χ1v) is 14.3. The predicted molar refractivity (Wildman–Crippen MR) is 160 cm³/mol. The highest BCUT2D eigenvalue weighted by molar-refractivity contribution is 6.12. The summed E-state index contributed by atoms with van der Waals surface area (Å²) >= 11 is 0. The lowest BCUT2D eigenvalue weighted by Crippen LogP contribution is -2.51. The average Bonchev–Trinajstić information content (AvgIpc) is 3.27. The van der Waals surface area contributed by atoms with Gasteiger partial charge in [0.1, 0.15) is 0 Å². The SMILES string of the molecule is O=C(O)CN(CCN(CC(=O)O)C[C@@H](Cc1ccc(NC(=O)CCCN2C(=O)C=CC2=O)cc1)N(CC(=O)O)CC(=O)O)CC(=O)O. The van der Waals surface area contributed by atoms with Gasteiger partial charge in [-0.15, -0.1) is 0 Å². The second kappa shape index (κ2) is 18.7. The van der Waals surface area contributed by atoms with E-state index in [1.54, 1.807) is 24.3 Å². The normalized spacial score (nSPS) is 13.4. The van der Waals surface area contributed by atoms with E-state index in [1.807, 2.05) is 0 Å². The molecular formula is C29H37N5O13. The van der Waals surface area contributed by atoms with E-state index in [0.29, 0.717) is 11.3 Å². The lowest BCUT2D eigenvalue weighted by Gasteiger charge is -2.34. The maximum Gasteiger partial charge on any atom is 0.317 e. The summed E-state index contributed by atoms with van der Waals surface area (Å²) in [5.41, 5.74) is 0.990. The highest BCUT2D eigenvalue weighted by atomic mass is 16.4. The van der Waals surface area contributed by atoms with Crippen LogP contribution in [0.5, 0.6) is 0 Å². The summed E-state index contributed by atoms with van der Waals surface area (Å²) in [7, 11) is 0. The zero-order chi connectivity index (χ0) is 35.1. The molecule has 0 fully saturated rings. The van der Waals surface area contributed by atoms with Gasteiger partial charge in [0.25, 0.3) is 11.8 Å². The molecule has 0 radical (unpaired) electrons. The lowest BCUT2D eigenvalue weighted by atomic mass is 10.0. The van der Waals surface area contributed by atoms with E-state index in [2.05, 4.69) is 5.32 Å². The molecule has 0 saturated heterocycles. The molecule has 6 N–H and O–H groups in total. The minimum absolute atomic E-state index is 0.0238. The number of rotatable bonds is 23. The van der Waals surface area contributed by atoms with Gasteiger partial charge in [0.2, 0.25) is 5.91 Å². The summed E-state index contributed by atoms with van der Waals surface area (Å²) < 4.78 is 0. The molecule has 0 unspecified atom stereocenters. The number of hydrogen-bond donors (Lipinski definition) is 6. The van der Waals surface area contributed by atoms with Crippen molar-refractivity contribution in [1.82, 2.24) is 19.6 Å². The number of carboxylic acids is 5. The molecule has 1 atom stereocenters. The van der Waals surface area contributed by atoms with Crippen LogP contribution in [0.1, 0.15) is 18.4 Å². The third-order valence-electron chi connectivity index (χ3n) is 6.87. The first-order valence-electron chi connectivity index (χ1n) is 14.3. The predicted octanol–water partition coefficient (Wildman–Crippen LogP) is -1.43. The molecule has 3 amide bonds. The maximum absolute atomic E-state index is 12.4. The van der Waals surface area contributed by atoms with E-state index in [-0.39, 0.29) is 51.3 Å². The average molecular weight is 664 g/mol. The molecule has 18 nitrogen and oxygen atoms in total. The van der Waals surface area contributed by atoms with Crippen LogP contribution < -0.4 is 5.32 Å². The van der Waals surface area contributed by atoms with Gasteiger partial charge in [-0.2, -0.15) is 0 Å². The van der Waals surface area contributed by atoms with Crippen molar-refractivity contribution in [1.29, 1.82) is 0 Å². The first kappa shape index (κ1) is 38.0. The Bertz CT molecular complexity index is 1310. The molecule has 1 aliphatic heterocycles. The number of amides is 3. The van der Waals surface area contributed by atoms with Crippen LogP contribution in [0.25, 0.3) is 0 Å². The lowest BCUT2D eigenvalue weighted by molar-refractivity contribution is -0.144. The number of hydrogen-bond acceptors (Lipinski definition) is 11. The second-order valence-electron chi connectivity index (χ2n) is 10.7. The molecule has 0 saturated carbocycles. The summed E-state index contributed by atoms with van der Waals surface area (Å²) in [5, 5.41) is 49.3. The minimum atomic E-state index is -1.33. The van der Waals surface area contributed by atoms with Gasteiger partial charge in [0, 0.05) is 56.5 Å². The highest BCUT2D eigenvalue weighted by Gasteiger charge is 2.27.